The Balaban J connectivity index is 0.000000160. The Kier molecular flexibility index (Phi) is 4.02. The predicted octanol–water partition coefficient (Wildman–Crippen LogP) is -0.658. The molecule has 2 N–H and O–H groups in total. The lowest BCUT2D eigenvalue weighted by Gasteiger charge is -1.89. The third kappa shape index (κ3) is 3.41. The van der Waals surface area contributed by atoms with Crippen molar-refractivity contribution in [3.63, 3.8) is 0 Å². The first-order valence-corrected chi connectivity index (χ1v) is 4.52. The minimum Gasteiger partial charge on any atom is -0.336 e. The van der Waals surface area contributed by atoms with Crippen LogP contribution in [0.1, 0.15) is 0 Å². The van der Waals surface area contributed by atoms with Crippen molar-refractivity contribution in [2.45, 2.75) is 0 Å². The molecule has 0 saturated heterocycles. The Labute approximate surface area is 91.5 Å². The highest BCUT2D eigenvalue weighted by atomic mass is 16.1. The van der Waals surface area contributed by atoms with Gasteiger partial charge in [-0.15, -0.1) is 0 Å². The van der Waals surface area contributed by atoms with Gasteiger partial charge in [0.15, 0.2) is 0 Å². The Morgan fingerprint density at radius 2 is 1.81 bits per heavy atom. The Morgan fingerprint density at radius 3 is 2.19 bits per heavy atom. The van der Waals surface area contributed by atoms with Crippen molar-refractivity contribution in [1.82, 2.24) is 14.5 Å². The maximum atomic E-state index is 10.5. The number of aromatic nitrogens is 3. The van der Waals surface area contributed by atoms with Gasteiger partial charge in [-0.3, -0.25) is 9.59 Å². The first-order chi connectivity index (χ1) is 7.61. The van der Waals surface area contributed by atoms with Crippen LogP contribution in [0.2, 0.25) is 0 Å². The van der Waals surface area contributed by atoms with Crippen molar-refractivity contribution in [1.29, 1.82) is 0 Å². The molecule has 0 aliphatic heterocycles. The van der Waals surface area contributed by atoms with Crippen LogP contribution in [-0.2, 0) is 7.05 Å². The molecule has 0 aliphatic rings. The zero-order chi connectivity index (χ0) is 12.0. The zero-order valence-corrected chi connectivity index (χ0v) is 8.78. The highest BCUT2D eigenvalue weighted by Gasteiger charge is 1.81. The van der Waals surface area contributed by atoms with Gasteiger partial charge in [-0.25, -0.2) is 9.36 Å². The van der Waals surface area contributed by atoms with E-state index in [1.54, 1.807) is 31.4 Å². The van der Waals surface area contributed by atoms with Gasteiger partial charge in [0, 0.05) is 31.6 Å². The summed E-state index contributed by atoms with van der Waals surface area (Å²) in [6.07, 6.45) is 3.07. The second-order valence-electron chi connectivity index (χ2n) is 2.93. The molecular weight excluding hydrogens is 208 g/mol. The fourth-order valence-electron chi connectivity index (χ4n) is 0.868. The molecule has 2 rings (SSSR count). The summed E-state index contributed by atoms with van der Waals surface area (Å²) in [7, 11) is 1.61. The van der Waals surface area contributed by atoms with E-state index in [-0.39, 0.29) is 11.1 Å². The molecule has 0 unspecified atom stereocenters. The molecule has 0 atom stereocenters. The van der Waals surface area contributed by atoms with Crippen LogP contribution in [0.25, 0.3) is 0 Å². The molecule has 16 heavy (non-hydrogen) atoms. The van der Waals surface area contributed by atoms with Crippen LogP contribution in [0.5, 0.6) is 0 Å². The fourth-order valence-corrected chi connectivity index (χ4v) is 0.868. The molecule has 0 saturated carbocycles. The number of aryl methyl sites for hydroxylation is 1. The normalized spacial score (nSPS) is 9.06. The van der Waals surface area contributed by atoms with E-state index in [0.717, 1.165) is 4.68 Å². The summed E-state index contributed by atoms with van der Waals surface area (Å²) >= 11 is 0. The number of nitrogens with zero attached hydrogens (tertiary/aromatic N) is 3. The zero-order valence-electron chi connectivity index (χ0n) is 8.78. The summed E-state index contributed by atoms with van der Waals surface area (Å²) in [5, 5.41) is 3.68. The third-order valence-corrected chi connectivity index (χ3v) is 1.73. The van der Waals surface area contributed by atoms with Crippen molar-refractivity contribution >= 4 is 0 Å². The highest BCUT2D eigenvalue weighted by molar-refractivity contribution is 4.92. The molecular formula is C10H12N4O2. The Bertz CT molecular complexity index is 507. The summed E-state index contributed by atoms with van der Waals surface area (Å²) in [4.78, 5) is 21.0. The monoisotopic (exact) mass is 220 g/mol. The largest absolute Gasteiger partial charge is 0.336 e. The van der Waals surface area contributed by atoms with Crippen molar-refractivity contribution in [2.24, 2.45) is 7.05 Å². The topological polar surface area (TPSA) is 82.9 Å². The molecule has 0 radical (unpaired) electrons. The minimum atomic E-state index is -0.187. The number of hydrogen-bond acceptors (Lipinski definition) is 4. The first kappa shape index (κ1) is 11.7. The lowest BCUT2D eigenvalue weighted by Crippen LogP contribution is -2.24. The Morgan fingerprint density at radius 1 is 1.12 bits per heavy atom. The minimum absolute atomic E-state index is 0.0764. The van der Waals surface area contributed by atoms with Gasteiger partial charge in [-0.1, -0.05) is 6.07 Å². The van der Waals surface area contributed by atoms with Crippen LogP contribution in [0.15, 0.2) is 52.3 Å². The summed E-state index contributed by atoms with van der Waals surface area (Å²) in [6.45, 7) is 0. The first-order valence-electron chi connectivity index (χ1n) is 4.52. The van der Waals surface area contributed by atoms with Crippen LogP contribution >= 0.6 is 0 Å². The second-order valence-corrected chi connectivity index (χ2v) is 2.93. The molecule has 0 spiro atoms. The molecule has 84 valence electrons. The molecule has 2 heterocycles. The molecule has 2 aromatic heterocycles. The van der Waals surface area contributed by atoms with Crippen molar-refractivity contribution in [3.05, 3.63) is 63.4 Å². The molecule has 6 heteroatoms. The van der Waals surface area contributed by atoms with Crippen molar-refractivity contribution in [3.8, 4) is 0 Å². The quantitative estimate of drug-likeness (QED) is 0.597. The van der Waals surface area contributed by atoms with Gasteiger partial charge in [-0.05, 0) is 12.1 Å². The summed E-state index contributed by atoms with van der Waals surface area (Å²) in [5.74, 6) is 5.12. The van der Waals surface area contributed by atoms with Gasteiger partial charge in [-0.2, -0.15) is 5.10 Å². The van der Waals surface area contributed by atoms with E-state index in [2.05, 4.69) is 5.10 Å². The number of nitrogen functional groups attached to an aromatic ring is 1. The van der Waals surface area contributed by atoms with E-state index in [1.807, 2.05) is 0 Å². The van der Waals surface area contributed by atoms with Gasteiger partial charge < -0.3 is 5.84 Å². The highest BCUT2D eigenvalue weighted by Crippen LogP contribution is 1.70. The molecule has 0 amide bonds. The molecule has 6 nitrogen and oxygen atoms in total. The van der Waals surface area contributed by atoms with Crippen molar-refractivity contribution < 1.29 is 0 Å². The molecule has 0 aromatic carbocycles. The van der Waals surface area contributed by atoms with E-state index in [9.17, 15) is 9.59 Å². The van der Waals surface area contributed by atoms with Gasteiger partial charge in [0.05, 0.1) is 0 Å². The van der Waals surface area contributed by atoms with E-state index in [4.69, 9.17) is 5.84 Å². The maximum absolute atomic E-state index is 10.5. The Hall–Kier alpha value is -2.37. The average Bonchev–Trinajstić information content (AvgIpc) is 2.28. The molecule has 0 aliphatic carbocycles. The molecule has 2 aromatic rings. The molecule has 0 bridgehead atoms. The molecule has 0 fully saturated rings. The fraction of sp³-hybridized carbons (Fsp3) is 0.100. The predicted molar refractivity (Wildman–Crippen MR) is 60.3 cm³/mol. The number of pyridine rings is 1. The van der Waals surface area contributed by atoms with E-state index >= 15 is 0 Å². The summed E-state index contributed by atoms with van der Waals surface area (Å²) < 4.78 is 2.31. The number of hydrogen-bond donors (Lipinski definition) is 1. The number of nitrogens with two attached hydrogens (primary N) is 1. The van der Waals surface area contributed by atoms with Crippen LogP contribution < -0.4 is 17.0 Å². The summed E-state index contributed by atoms with van der Waals surface area (Å²) in [6, 6.07) is 7.82. The van der Waals surface area contributed by atoms with Gasteiger partial charge in [0.1, 0.15) is 0 Å². The lowest BCUT2D eigenvalue weighted by molar-refractivity contribution is 0.707. The van der Waals surface area contributed by atoms with E-state index in [1.165, 1.54) is 23.0 Å². The number of rotatable bonds is 0. The lowest BCUT2D eigenvalue weighted by atomic mass is 10.5. The van der Waals surface area contributed by atoms with Crippen molar-refractivity contribution in [2.75, 3.05) is 5.84 Å². The van der Waals surface area contributed by atoms with Crippen LogP contribution in [0, 0.1) is 0 Å². The van der Waals surface area contributed by atoms with Crippen LogP contribution in [0.3, 0.4) is 0 Å². The summed E-state index contributed by atoms with van der Waals surface area (Å²) in [5.41, 5.74) is -0.264. The third-order valence-electron chi connectivity index (χ3n) is 1.73. The van der Waals surface area contributed by atoms with Crippen LogP contribution in [0.4, 0.5) is 0 Å². The van der Waals surface area contributed by atoms with Crippen LogP contribution in [-0.4, -0.2) is 14.5 Å². The van der Waals surface area contributed by atoms with Gasteiger partial charge in [0.25, 0.3) is 11.1 Å². The maximum Gasteiger partial charge on any atom is 0.268 e. The van der Waals surface area contributed by atoms with Gasteiger partial charge >= 0.3 is 0 Å². The van der Waals surface area contributed by atoms with E-state index < -0.39 is 0 Å². The average molecular weight is 220 g/mol. The standard InChI is InChI=1S/2C5H6N2O/c1-7-5(8)3-2-4-6-7;6-7-4-2-1-3-5(7)8/h2-4H,1H3;1-4H,6H2. The smallest absolute Gasteiger partial charge is 0.268 e. The van der Waals surface area contributed by atoms with Gasteiger partial charge in [0.2, 0.25) is 0 Å². The SMILES string of the molecule is Cn1ncccc1=O.Nn1ccccc1=O. The van der Waals surface area contributed by atoms with E-state index in [0.29, 0.717) is 0 Å². The second kappa shape index (κ2) is 5.50.